The van der Waals surface area contributed by atoms with Gasteiger partial charge in [-0.1, -0.05) is 33.3 Å². The fourth-order valence-electron chi connectivity index (χ4n) is 5.30. The SMILES string of the molecule is CC1(C)CCCC1(C)C(=O)N1Cc2cccnc2Nc2ccc(N3CCOCC3)cc21. The standard InChI is InChI=1S/C25H32N4O2/c1-24(2)9-5-10-25(24,3)23(30)29-17-18-6-4-11-26-22(18)27-20-8-7-19(16-21(20)29)28-12-14-31-15-13-28/h4,6-8,11,16H,5,9-10,12-15,17H2,1-3H3,(H,26,27). The van der Waals surface area contributed by atoms with E-state index in [2.05, 4.69) is 60.2 Å². The quantitative estimate of drug-likeness (QED) is 0.762. The van der Waals surface area contributed by atoms with Gasteiger partial charge < -0.3 is 19.9 Å². The molecule has 1 saturated heterocycles. The van der Waals surface area contributed by atoms with E-state index in [1.165, 1.54) is 0 Å². The molecule has 5 rings (SSSR count). The van der Waals surface area contributed by atoms with Crippen molar-refractivity contribution < 1.29 is 9.53 Å². The van der Waals surface area contributed by atoms with Crippen molar-refractivity contribution in [2.75, 3.05) is 41.4 Å². The Morgan fingerprint density at radius 2 is 1.94 bits per heavy atom. The van der Waals surface area contributed by atoms with Crippen molar-refractivity contribution in [2.45, 2.75) is 46.6 Å². The molecule has 6 heteroatoms. The zero-order valence-electron chi connectivity index (χ0n) is 18.8. The van der Waals surface area contributed by atoms with Crippen molar-refractivity contribution in [1.82, 2.24) is 4.98 Å². The maximum atomic E-state index is 14.2. The number of hydrogen-bond donors (Lipinski definition) is 1. The van der Waals surface area contributed by atoms with Crippen LogP contribution >= 0.6 is 0 Å². The van der Waals surface area contributed by atoms with Crippen LogP contribution in [0.25, 0.3) is 0 Å². The summed E-state index contributed by atoms with van der Waals surface area (Å²) in [6, 6.07) is 10.4. The van der Waals surface area contributed by atoms with E-state index in [0.29, 0.717) is 6.54 Å². The number of benzene rings is 1. The van der Waals surface area contributed by atoms with Gasteiger partial charge in [0.05, 0.1) is 36.5 Å². The van der Waals surface area contributed by atoms with Gasteiger partial charge in [0.2, 0.25) is 5.91 Å². The summed E-state index contributed by atoms with van der Waals surface area (Å²) in [6.07, 6.45) is 4.91. The van der Waals surface area contributed by atoms with Crippen LogP contribution in [-0.2, 0) is 16.1 Å². The first-order valence-corrected chi connectivity index (χ1v) is 11.4. The van der Waals surface area contributed by atoms with Gasteiger partial charge in [-0.2, -0.15) is 0 Å². The Labute approximate surface area is 184 Å². The third-order valence-corrected chi connectivity index (χ3v) is 7.81. The topological polar surface area (TPSA) is 57.7 Å². The smallest absolute Gasteiger partial charge is 0.233 e. The van der Waals surface area contributed by atoms with Crippen LogP contribution in [0.15, 0.2) is 36.5 Å². The summed E-state index contributed by atoms with van der Waals surface area (Å²) in [5.74, 6) is 1.04. The molecule has 31 heavy (non-hydrogen) atoms. The van der Waals surface area contributed by atoms with E-state index in [1.54, 1.807) is 6.20 Å². The second kappa shape index (κ2) is 7.52. The summed E-state index contributed by atoms with van der Waals surface area (Å²) in [5, 5.41) is 3.49. The van der Waals surface area contributed by atoms with Gasteiger partial charge in [-0.05, 0) is 42.5 Å². The molecular formula is C25H32N4O2. The highest BCUT2D eigenvalue weighted by Gasteiger charge is 2.52. The number of amides is 1. The number of ether oxygens (including phenoxy) is 1. The number of aromatic nitrogens is 1. The number of morpholine rings is 1. The fourth-order valence-corrected chi connectivity index (χ4v) is 5.30. The monoisotopic (exact) mass is 420 g/mol. The molecule has 1 atom stereocenters. The van der Waals surface area contributed by atoms with Gasteiger partial charge in [0.25, 0.3) is 0 Å². The molecule has 1 N–H and O–H groups in total. The highest BCUT2D eigenvalue weighted by atomic mass is 16.5. The maximum Gasteiger partial charge on any atom is 0.233 e. The molecule has 1 saturated carbocycles. The minimum atomic E-state index is -0.383. The lowest BCUT2D eigenvalue weighted by atomic mass is 9.68. The molecule has 1 aromatic heterocycles. The molecule has 2 aromatic rings. The maximum absolute atomic E-state index is 14.2. The van der Waals surface area contributed by atoms with Crippen LogP contribution in [0, 0.1) is 10.8 Å². The lowest BCUT2D eigenvalue weighted by Crippen LogP contribution is -2.47. The zero-order chi connectivity index (χ0) is 21.6. The number of fused-ring (bicyclic) bond motifs is 2. The second-order valence-electron chi connectivity index (χ2n) is 9.90. The molecule has 0 bridgehead atoms. The van der Waals surface area contributed by atoms with Crippen LogP contribution in [0.4, 0.5) is 22.9 Å². The molecule has 2 fully saturated rings. The lowest BCUT2D eigenvalue weighted by Gasteiger charge is -2.41. The summed E-state index contributed by atoms with van der Waals surface area (Å²) in [4.78, 5) is 23.1. The van der Waals surface area contributed by atoms with Gasteiger partial charge >= 0.3 is 0 Å². The van der Waals surface area contributed by atoms with Gasteiger partial charge in [0.1, 0.15) is 5.82 Å². The number of rotatable bonds is 2. The lowest BCUT2D eigenvalue weighted by molar-refractivity contribution is -0.132. The third kappa shape index (κ3) is 3.37. The predicted octanol–water partition coefficient (Wildman–Crippen LogP) is 4.72. The van der Waals surface area contributed by atoms with Crippen LogP contribution < -0.4 is 15.1 Å². The van der Waals surface area contributed by atoms with Gasteiger partial charge in [-0.25, -0.2) is 4.98 Å². The van der Waals surface area contributed by atoms with E-state index in [0.717, 1.165) is 74.0 Å². The molecule has 3 heterocycles. The van der Waals surface area contributed by atoms with Crippen LogP contribution in [0.5, 0.6) is 0 Å². The van der Waals surface area contributed by atoms with Crippen molar-refractivity contribution in [3.05, 3.63) is 42.1 Å². The Kier molecular flexibility index (Phi) is 4.93. The van der Waals surface area contributed by atoms with Crippen LogP contribution in [0.1, 0.15) is 45.6 Å². The molecule has 164 valence electrons. The molecule has 3 aliphatic rings. The Bertz CT molecular complexity index is 999. The number of pyridine rings is 1. The van der Waals surface area contributed by atoms with Gasteiger partial charge in [0.15, 0.2) is 0 Å². The van der Waals surface area contributed by atoms with Crippen LogP contribution in [-0.4, -0.2) is 37.2 Å². The summed E-state index contributed by atoms with van der Waals surface area (Å²) < 4.78 is 5.53. The number of carbonyl (C=O) groups excluding carboxylic acids is 1. The molecule has 1 unspecified atom stereocenters. The van der Waals surface area contributed by atoms with Gasteiger partial charge in [-0.3, -0.25) is 4.79 Å². The molecule has 1 amide bonds. The number of anilines is 4. The van der Waals surface area contributed by atoms with Crippen LogP contribution in [0.2, 0.25) is 0 Å². The minimum absolute atomic E-state index is 0.0242. The minimum Gasteiger partial charge on any atom is -0.378 e. The molecule has 0 radical (unpaired) electrons. The first-order chi connectivity index (χ1) is 14.9. The van der Waals surface area contributed by atoms with E-state index in [9.17, 15) is 4.79 Å². The van der Waals surface area contributed by atoms with Crippen molar-refractivity contribution in [3.8, 4) is 0 Å². The van der Waals surface area contributed by atoms with Gasteiger partial charge in [0, 0.05) is 30.5 Å². The average Bonchev–Trinajstić information content (AvgIpc) is 2.96. The first kappa shape index (κ1) is 20.3. The van der Waals surface area contributed by atoms with Crippen molar-refractivity contribution in [1.29, 1.82) is 0 Å². The summed E-state index contributed by atoms with van der Waals surface area (Å²) in [6.45, 7) is 10.4. The first-order valence-electron chi connectivity index (χ1n) is 11.4. The van der Waals surface area contributed by atoms with E-state index >= 15 is 0 Å². The number of hydrogen-bond acceptors (Lipinski definition) is 5. The Hall–Kier alpha value is -2.60. The zero-order valence-corrected chi connectivity index (χ0v) is 18.8. The average molecular weight is 421 g/mol. The molecule has 0 spiro atoms. The third-order valence-electron chi connectivity index (χ3n) is 7.81. The van der Waals surface area contributed by atoms with Crippen molar-refractivity contribution >= 4 is 28.8 Å². The van der Waals surface area contributed by atoms with E-state index < -0.39 is 0 Å². The fraction of sp³-hybridized carbons (Fsp3) is 0.520. The summed E-state index contributed by atoms with van der Waals surface area (Å²) >= 11 is 0. The number of nitrogens with one attached hydrogen (secondary N) is 1. The molecule has 1 aromatic carbocycles. The Balaban J connectivity index is 1.60. The summed E-state index contributed by atoms with van der Waals surface area (Å²) in [7, 11) is 0. The number of nitrogens with zero attached hydrogens (tertiary/aromatic N) is 3. The molecular weight excluding hydrogens is 388 g/mol. The molecule has 6 nitrogen and oxygen atoms in total. The van der Waals surface area contributed by atoms with Crippen molar-refractivity contribution in [3.63, 3.8) is 0 Å². The summed E-state index contributed by atoms with van der Waals surface area (Å²) in [5.41, 5.74) is 3.64. The van der Waals surface area contributed by atoms with Gasteiger partial charge in [-0.15, -0.1) is 0 Å². The van der Waals surface area contributed by atoms with Crippen molar-refractivity contribution in [2.24, 2.45) is 10.8 Å². The largest absolute Gasteiger partial charge is 0.378 e. The second-order valence-corrected chi connectivity index (χ2v) is 9.90. The van der Waals surface area contributed by atoms with E-state index in [1.807, 2.05) is 11.0 Å². The van der Waals surface area contributed by atoms with E-state index in [4.69, 9.17) is 4.74 Å². The Morgan fingerprint density at radius 1 is 1.13 bits per heavy atom. The molecule has 2 aliphatic heterocycles. The van der Waals surface area contributed by atoms with E-state index in [-0.39, 0.29) is 16.7 Å². The predicted molar refractivity (Wildman–Crippen MR) is 124 cm³/mol. The highest BCUT2D eigenvalue weighted by Crippen LogP contribution is 2.54. The Morgan fingerprint density at radius 3 is 2.68 bits per heavy atom. The molecule has 1 aliphatic carbocycles. The normalized spacial score (nSPS) is 24.7. The highest BCUT2D eigenvalue weighted by molar-refractivity contribution is 6.02. The number of carbonyl (C=O) groups is 1. The van der Waals surface area contributed by atoms with Crippen LogP contribution in [0.3, 0.4) is 0 Å².